The van der Waals surface area contributed by atoms with Gasteiger partial charge in [0, 0.05) is 31.2 Å². The van der Waals surface area contributed by atoms with E-state index in [1.807, 2.05) is 35.8 Å². The van der Waals surface area contributed by atoms with E-state index < -0.39 is 5.97 Å². The molecule has 1 aromatic heterocycles. The van der Waals surface area contributed by atoms with Crippen molar-refractivity contribution in [3.8, 4) is 0 Å². The van der Waals surface area contributed by atoms with Crippen molar-refractivity contribution in [3.05, 3.63) is 29.1 Å². The topological polar surface area (TPSA) is 83.0 Å². The number of rotatable bonds is 3. The number of fused-ring (bicyclic) bond motifs is 3. The fourth-order valence-corrected chi connectivity index (χ4v) is 3.58. The summed E-state index contributed by atoms with van der Waals surface area (Å²) in [5, 5.41) is 9.07. The lowest BCUT2D eigenvalue weighted by Crippen LogP contribution is -2.47. The molecule has 2 bridgehead atoms. The van der Waals surface area contributed by atoms with Crippen LogP contribution in [0.5, 0.6) is 0 Å². The van der Waals surface area contributed by atoms with Gasteiger partial charge in [-0.2, -0.15) is 0 Å². The van der Waals surface area contributed by atoms with Gasteiger partial charge in [-0.1, -0.05) is 0 Å². The molecule has 7 nitrogen and oxygen atoms in total. The molecule has 3 rings (SSSR count). The first-order valence-electron chi connectivity index (χ1n) is 8.21. The molecule has 2 aliphatic rings. The highest BCUT2D eigenvalue weighted by Gasteiger charge is 2.37. The van der Waals surface area contributed by atoms with Crippen LogP contribution in [0.4, 0.5) is 0 Å². The fraction of sp³-hybridized carbons (Fsp3) is 0.588. The van der Waals surface area contributed by atoms with Gasteiger partial charge in [0.05, 0.1) is 37.1 Å². The van der Waals surface area contributed by atoms with Crippen molar-refractivity contribution in [2.75, 3.05) is 39.4 Å². The average molecular weight is 333 g/mol. The minimum atomic E-state index is -0.840. The van der Waals surface area contributed by atoms with Crippen molar-refractivity contribution in [3.63, 3.8) is 0 Å². The highest BCUT2D eigenvalue weighted by molar-refractivity contribution is 5.95. The van der Waals surface area contributed by atoms with Crippen molar-refractivity contribution in [2.24, 2.45) is 5.92 Å². The molecule has 2 atom stereocenters. The smallest absolute Gasteiger partial charge is 0.317 e. The van der Waals surface area contributed by atoms with Crippen LogP contribution in [0.15, 0.2) is 12.1 Å². The number of nitrogens with zero attached hydrogens (tertiary/aromatic N) is 3. The van der Waals surface area contributed by atoms with Gasteiger partial charge in [-0.05, 0) is 26.0 Å². The molecule has 0 spiro atoms. The second-order valence-corrected chi connectivity index (χ2v) is 6.69. The van der Waals surface area contributed by atoms with E-state index >= 15 is 0 Å². The first-order valence-corrected chi connectivity index (χ1v) is 8.21. The molecule has 0 aliphatic carbocycles. The third-order valence-corrected chi connectivity index (χ3v) is 4.62. The lowest BCUT2D eigenvalue weighted by Gasteiger charge is -2.30. The van der Waals surface area contributed by atoms with Gasteiger partial charge in [0.1, 0.15) is 0 Å². The van der Waals surface area contributed by atoms with E-state index in [0.717, 1.165) is 11.4 Å². The Balaban J connectivity index is 1.84. The number of aromatic nitrogens is 1. The molecular formula is C17H23N3O4. The minimum absolute atomic E-state index is 0.000144. The lowest BCUT2D eigenvalue weighted by atomic mass is 10.1. The third kappa shape index (κ3) is 3.57. The van der Waals surface area contributed by atoms with Gasteiger partial charge < -0.3 is 14.7 Å². The molecule has 3 heterocycles. The Morgan fingerprint density at radius 1 is 1.25 bits per heavy atom. The summed E-state index contributed by atoms with van der Waals surface area (Å²) in [5.41, 5.74) is 2.22. The summed E-state index contributed by atoms with van der Waals surface area (Å²) in [6.07, 6.45) is 0. The molecule has 1 N–H and O–H groups in total. The molecule has 0 unspecified atom stereocenters. The number of carbonyl (C=O) groups excluding carboxylic acids is 1. The number of hydrogen-bond acceptors (Lipinski definition) is 5. The van der Waals surface area contributed by atoms with Crippen LogP contribution in [0, 0.1) is 19.8 Å². The third-order valence-electron chi connectivity index (χ3n) is 4.62. The Morgan fingerprint density at radius 3 is 2.75 bits per heavy atom. The Bertz CT molecular complexity index is 649. The van der Waals surface area contributed by atoms with Crippen LogP contribution in [0.3, 0.4) is 0 Å². The van der Waals surface area contributed by atoms with Crippen LogP contribution in [-0.2, 0) is 9.53 Å². The van der Waals surface area contributed by atoms with Gasteiger partial charge in [-0.3, -0.25) is 19.5 Å². The highest BCUT2D eigenvalue weighted by atomic mass is 16.5. The van der Waals surface area contributed by atoms with Gasteiger partial charge >= 0.3 is 5.97 Å². The average Bonchev–Trinajstić information content (AvgIpc) is 2.76. The van der Waals surface area contributed by atoms with Crippen molar-refractivity contribution in [2.45, 2.75) is 19.9 Å². The predicted octanol–water partition coefficient (Wildman–Crippen LogP) is 0.556. The second-order valence-electron chi connectivity index (χ2n) is 6.69. The van der Waals surface area contributed by atoms with E-state index in [0.29, 0.717) is 38.4 Å². The molecule has 2 saturated heterocycles. The number of ether oxygens (including phenoxy) is 1. The van der Waals surface area contributed by atoms with E-state index in [2.05, 4.69) is 4.98 Å². The number of pyridine rings is 1. The van der Waals surface area contributed by atoms with Crippen molar-refractivity contribution < 1.29 is 19.4 Å². The SMILES string of the molecule is Cc1ccc(C(=O)N2C[C@H]3COC[C@@H]2CN(CC(=O)O)C3)c(C)n1. The number of amides is 1. The summed E-state index contributed by atoms with van der Waals surface area (Å²) >= 11 is 0. The summed E-state index contributed by atoms with van der Waals surface area (Å²) in [4.78, 5) is 32.2. The van der Waals surface area contributed by atoms with Crippen molar-refractivity contribution >= 4 is 11.9 Å². The molecule has 24 heavy (non-hydrogen) atoms. The zero-order valence-corrected chi connectivity index (χ0v) is 14.1. The molecule has 2 aliphatic heterocycles. The standard InChI is InChI=1S/C17H23N3O4/c1-11-3-4-15(12(2)18-11)17(23)20-6-13-5-19(8-16(21)22)7-14(20)10-24-9-13/h3-4,13-14H,5-10H2,1-2H3,(H,21,22)/t13-,14-/m0/s1. The van der Waals surface area contributed by atoms with Gasteiger partial charge in [0.15, 0.2) is 0 Å². The Morgan fingerprint density at radius 2 is 2.04 bits per heavy atom. The predicted molar refractivity (Wildman–Crippen MR) is 86.9 cm³/mol. The number of aliphatic carboxylic acids is 1. The normalized spacial score (nSPS) is 24.5. The maximum atomic E-state index is 13.1. The van der Waals surface area contributed by atoms with E-state index in [1.165, 1.54) is 0 Å². The van der Waals surface area contributed by atoms with Crippen LogP contribution >= 0.6 is 0 Å². The molecule has 1 aromatic rings. The van der Waals surface area contributed by atoms with Gasteiger partial charge in [0.2, 0.25) is 0 Å². The Hall–Kier alpha value is -1.99. The molecule has 0 saturated carbocycles. The van der Waals surface area contributed by atoms with E-state index in [-0.39, 0.29) is 24.4 Å². The van der Waals surface area contributed by atoms with Crippen molar-refractivity contribution in [1.82, 2.24) is 14.8 Å². The van der Waals surface area contributed by atoms with Crippen LogP contribution in [0.2, 0.25) is 0 Å². The Labute approximate surface area is 141 Å². The minimum Gasteiger partial charge on any atom is -0.480 e. The summed E-state index contributed by atoms with van der Waals surface area (Å²) < 4.78 is 5.70. The van der Waals surface area contributed by atoms with Crippen LogP contribution in [0.1, 0.15) is 21.7 Å². The zero-order chi connectivity index (χ0) is 17.3. The van der Waals surface area contributed by atoms with Crippen LogP contribution in [0.25, 0.3) is 0 Å². The summed E-state index contributed by atoms with van der Waals surface area (Å²) in [7, 11) is 0. The van der Waals surface area contributed by atoms with Crippen molar-refractivity contribution in [1.29, 1.82) is 0 Å². The monoisotopic (exact) mass is 333 g/mol. The van der Waals surface area contributed by atoms with E-state index in [4.69, 9.17) is 9.84 Å². The summed E-state index contributed by atoms with van der Waals surface area (Å²) in [5.74, 6) is -0.760. The quantitative estimate of drug-likeness (QED) is 0.870. The molecule has 1 amide bonds. The van der Waals surface area contributed by atoms with Gasteiger partial charge in [-0.25, -0.2) is 0 Å². The zero-order valence-electron chi connectivity index (χ0n) is 14.1. The van der Waals surface area contributed by atoms with Crippen LogP contribution < -0.4 is 0 Å². The largest absolute Gasteiger partial charge is 0.480 e. The van der Waals surface area contributed by atoms with Gasteiger partial charge in [0.25, 0.3) is 5.91 Å². The first-order chi connectivity index (χ1) is 11.4. The maximum Gasteiger partial charge on any atom is 0.317 e. The highest BCUT2D eigenvalue weighted by Crippen LogP contribution is 2.22. The summed E-state index contributed by atoms with van der Waals surface area (Å²) in [6, 6.07) is 3.53. The van der Waals surface area contributed by atoms with E-state index in [9.17, 15) is 9.59 Å². The number of carboxylic acid groups (broad SMARTS) is 1. The lowest BCUT2D eigenvalue weighted by molar-refractivity contribution is -0.138. The fourth-order valence-electron chi connectivity index (χ4n) is 3.58. The molecule has 0 radical (unpaired) electrons. The second kappa shape index (κ2) is 6.86. The number of carbonyl (C=O) groups is 2. The van der Waals surface area contributed by atoms with Gasteiger partial charge in [-0.15, -0.1) is 0 Å². The number of aryl methyl sites for hydroxylation is 2. The molecule has 2 fully saturated rings. The maximum absolute atomic E-state index is 13.1. The molecule has 130 valence electrons. The van der Waals surface area contributed by atoms with Crippen LogP contribution in [-0.4, -0.2) is 77.2 Å². The Kier molecular flexibility index (Phi) is 4.82. The number of carboxylic acids is 1. The first kappa shape index (κ1) is 16.9. The molecule has 7 heteroatoms. The van der Waals surface area contributed by atoms with E-state index in [1.54, 1.807) is 0 Å². The number of hydrogen-bond donors (Lipinski definition) is 1. The molecular weight excluding hydrogens is 310 g/mol. The summed E-state index contributed by atoms with van der Waals surface area (Å²) in [6.45, 7) is 6.49. The molecule has 0 aromatic carbocycles.